The fraction of sp³-hybridized carbons (Fsp3) is 0.417. The molecule has 0 aliphatic carbocycles. The lowest BCUT2D eigenvalue weighted by molar-refractivity contribution is -0.387. The molecule has 0 spiro atoms. The molecule has 0 aromatic heterocycles. The third kappa shape index (κ3) is 3.43. The van der Waals surface area contributed by atoms with E-state index in [0.717, 1.165) is 12.1 Å². The number of methoxy groups -OCH3 is 1. The van der Waals surface area contributed by atoms with Gasteiger partial charge in [-0.05, 0) is 25.5 Å². The van der Waals surface area contributed by atoms with Crippen molar-refractivity contribution in [1.29, 1.82) is 0 Å². The Morgan fingerprint density at radius 1 is 1.50 bits per heavy atom. The van der Waals surface area contributed by atoms with E-state index in [0.29, 0.717) is 5.56 Å². The van der Waals surface area contributed by atoms with Gasteiger partial charge in [0, 0.05) is 12.1 Å². The highest BCUT2D eigenvalue weighted by molar-refractivity contribution is 5.85. The van der Waals surface area contributed by atoms with Gasteiger partial charge in [-0.1, -0.05) is 6.07 Å². The van der Waals surface area contributed by atoms with Crippen LogP contribution < -0.4 is 5.73 Å². The number of hydrogen-bond acceptors (Lipinski definition) is 5. The molecular formula is C12H16ClFN2O4. The largest absolute Gasteiger partial charge is 0.469 e. The molecule has 0 saturated heterocycles. The van der Waals surface area contributed by atoms with Crippen LogP contribution in [0.25, 0.3) is 0 Å². The van der Waals surface area contributed by atoms with Gasteiger partial charge in [-0.25, -0.2) is 0 Å². The Morgan fingerprint density at radius 3 is 2.50 bits per heavy atom. The van der Waals surface area contributed by atoms with Crippen molar-refractivity contribution in [3.05, 3.63) is 39.7 Å². The van der Waals surface area contributed by atoms with Gasteiger partial charge in [-0.15, -0.1) is 12.4 Å². The Morgan fingerprint density at radius 2 is 2.05 bits per heavy atom. The van der Waals surface area contributed by atoms with Crippen LogP contribution in [-0.2, 0) is 9.53 Å². The third-order valence-electron chi connectivity index (χ3n) is 3.02. The van der Waals surface area contributed by atoms with Crippen LogP contribution in [0.2, 0.25) is 0 Å². The number of ether oxygens (including phenoxy) is 1. The second kappa shape index (κ2) is 6.62. The maximum absolute atomic E-state index is 13.2. The molecule has 0 radical (unpaired) electrons. The molecule has 1 aromatic carbocycles. The van der Waals surface area contributed by atoms with Crippen LogP contribution in [0.4, 0.5) is 10.1 Å². The van der Waals surface area contributed by atoms with Gasteiger partial charge in [-0.2, -0.15) is 4.39 Å². The molecule has 0 unspecified atom stereocenters. The number of carbonyl (C=O) groups excluding carboxylic acids is 1. The maximum atomic E-state index is 13.2. The zero-order chi connectivity index (χ0) is 14.8. The predicted molar refractivity (Wildman–Crippen MR) is 73.0 cm³/mol. The molecule has 112 valence electrons. The molecule has 0 fully saturated rings. The van der Waals surface area contributed by atoms with Crippen LogP contribution in [0.3, 0.4) is 0 Å². The summed E-state index contributed by atoms with van der Waals surface area (Å²) in [7, 11) is 1.23. The Balaban J connectivity index is 0.00000361. The van der Waals surface area contributed by atoms with E-state index in [1.807, 2.05) is 0 Å². The second-order valence-electron chi connectivity index (χ2n) is 4.66. The highest BCUT2D eigenvalue weighted by Crippen LogP contribution is 2.34. The lowest BCUT2D eigenvalue weighted by Crippen LogP contribution is -2.37. The van der Waals surface area contributed by atoms with Crippen molar-refractivity contribution in [2.45, 2.75) is 19.9 Å². The van der Waals surface area contributed by atoms with Crippen LogP contribution in [0.5, 0.6) is 0 Å². The number of nitro benzene ring substituents is 1. The topological polar surface area (TPSA) is 95.5 Å². The first kappa shape index (κ1) is 18.3. The van der Waals surface area contributed by atoms with Gasteiger partial charge in [0.15, 0.2) is 0 Å². The molecule has 0 aliphatic rings. The second-order valence-corrected chi connectivity index (χ2v) is 4.66. The van der Waals surface area contributed by atoms with E-state index in [2.05, 4.69) is 4.74 Å². The Labute approximate surface area is 121 Å². The van der Waals surface area contributed by atoms with Crippen molar-refractivity contribution in [3.63, 3.8) is 0 Å². The summed E-state index contributed by atoms with van der Waals surface area (Å²) < 4.78 is 17.9. The summed E-state index contributed by atoms with van der Waals surface area (Å²) in [5, 5.41) is 10.7. The third-order valence-corrected chi connectivity index (χ3v) is 3.02. The van der Waals surface area contributed by atoms with E-state index in [-0.39, 0.29) is 12.4 Å². The molecule has 1 rings (SSSR count). The summed E-state index contributed by atoms with van der Waals surface area (Å²) in [6, 6.07) is 2.46. The van der Waals surface area contributed by atoms with Crippen molar-refractivity contribution >= 4 is 24.1 Å². The fourth-order valence-corrected chi connectivity index (χ4v) is 1.67. The van der Waals surface area contributed by atoms with Gasteiger partial charge in [0.1, 0.15) is 0 Å². The van der Waals surface area contributed by atoms with Gasteiger partial charge >= 0.3 is 11.7 Å². The van der Waals surface area contributed by atoms with Crippen LogP contribution in [-0.4, -0.2) is 18.0 Å². The number of hydrogen-bond donors (Lipinski definition) is 1. The maximum Gasteiger partial charge on any atom is 0.313 e. The van der Waals surface area contributed by atoms with Crippen LogP contribution in [0, 0.1) is 21.3 Å². The first-order valence-electron chi connectivity index (χ1n) is 5.49. The lowest BCUT2D eigenvalue weighted by atomic mass is 9.81. The number of esters is 1. The molecule has 2 N–H and O–H groups in total. The predicted octanol–water partition coefficient (Wildman–Crippen LogP) is 2.35. The van der Waals surface area contributed by atoms with Gasteiger partial charge in [-0.3, -0.25) is 14.9 Å². The molecule has 0 aliphatic heterocycles. The minimum atomic E-state index is -1.08. The quantitative estimate of drug-likeness (QED) is 0.523. The van der Waals surface area contributed by atoms with Crippen LogP contribution in [0.15, 0.2) is 18.2 Å². The van der Waals surface area contributed by atoms with E-state index < -0.39 is 33.9 Å². The standard InChI is InChI=1S/C12H15FN2O4.ClH/c1-12(2,11(16)19-3)10(14)7-4-5-8(13)9(6-7)15(17)18;/h4-6,10H,14H2,1-3H3;1H/t10-;/m1./s1. The molecule has 0 amide bonds. The highest BCUT2D eigenvalue weighted by Gasteiger charge is 2.37. The SMILES string of the molecule is COC(=O)C(C)(C)[C@H](N)c1ccc(F)c([N+](=O)[O-])c1.Cl. The molecular weight excluding hydrogens is 291 g/mol. The molecule has 6 nitrogen and oxygen atoms in total. The highest BCUT2D eigenvalue weighted by atomic mass is 35.5. The smallest absolute Gasteiger partial charge is 0.313 e. The molecule has 1 atom stereocenters. The number of nitro groups is 1. The average Bonchev–Trinajstić information content (AvgIpc) is 2.36. The number of nitrogens with zero attached hydrogens (tertiary/aromatic N) is 1. The number of carbonyl (C=O) groups is 1. The molecule has 0 bridgehead atoms. The van der Waals surface area contributed by atoms with Crippen molar-refractivity contribution < 1.29 is 18.8 Å². The van der Waals surface area contributed by atoms with Crippen LogP contribution >= 0.6 is 12.4 Å². The van der Waals surface area contributed by atoms with Crippen molar-refractivity contribution in [1.82, 2.24) is 0 Å². The molecule has 1 aromatic rings. The van der Waals surface area contributed by atoms with Crippen LogP contribution in [0.1, 0.15) is 25.5 Å². The summed E-state index contributed by atoms with van der Waals surface area (Å²) in [5.41, 5.74) is 4.46. The summed E-state index contributed by atoms with van der Waals surface area (Å²) in [5.74, 6) is -1.50. The monoisotopic (exact) mass is 306 g/mol. The number of rotatable bonds is 4. The van der Waals surface area contributed by atoms with Crippen molar-refractivity contribution in [2.75, 3.05) is 7.11 Å². The normalized spacial score (nSPS) is 12.2. The molecule has 8 heteroatoms. The van der Waals surface area contributed by atoms with Crippen molar-refractivity contribution in [2.24, 2.45) is 11.1 Å². The van der Waals surface area contributed by atoms with Gasteiger partial charge in [0.2, 0.25) is 5.82 Å². The van der Waals surface area contributed by atoms with Gasteiger partial charge in [0.05, 0.1) is 17.4 Å². The van der Waals surface area contributed by atoms with Gasteiger partial charge < -0.3 is 10.5 Å². The summed E-state index contributed by atoms with van der Waals surface area (Å²) in [6.07, 6.45) is 0. The minimum absolute atomic E-state index is 0. The Hall–Kier alpha value is -1.73. The van der Waals surface area contributed by atoms with E-state index in [1.54, 1.807) is 13.8 Å². The number of benzene rings is 1. The van der Waals surface area contributed by atoms with Gasteiger partial charge in [0.25, 0.3) is 0 Å². The zero-order valence-corrected chi connectivity index (χ0v) is 12.1. The Kier molecular flexibility index (Phi) is 6.05. The van der Waals surface area contributed by atoms with E-state index >= 15 is 0 Å². The number of halogens is 2. The molecule has 20 heavy (non-hydrogen) atoms. The first-order valence-corrected chi connectivity index (χ1v) is 5.49. The minimum Gasteiger partial charge on any atom is -0.469 e. The summed E-state index contributed by atoms with van der Waals surface area (Å²) in [6.45, 7) is 3.11. The van der Waals surface area contributed by atoms with Crippen molar-refractivity contribution in [3.8, 4) is 0 Å². The average molecular weight is 307 g/mol. The summed E-state index contributed by atoms with van der Waals surface area (Å²) >= 11 is 0. The zero-order valence-electron chi connectivity index (χ0n) is 11.3. The van der Waals surface area contributed by atoms with E-state index in [4.69, 9.17) is 5.73 Å². The molecule has 0 heterocycles. The van der Waals surface area contributed by atoms with E-state index in [1.165, 1.54) is 13.2 Å². The fourth-order valence-electron chi connectivity index (χ4n) is 1.67. The lowest BCUT2D eigenvalue weighted by Gasteiger charge is -2.28. The first-order chi connectivity index (χ1) is 8.71. The number of nitrogens with two attached hydrogens (primary N) is 1. The van der Waals surface area contributed by atoms with E-state index in [9.17, 15) is 19.3 Å². The summed E-state index contributed by atoms with van der Waals surface area (Å²) in [4.78, 5) is 21.5. The Bertz CT molecular complexity index is 522. The molecule has 0 saturated carbocycles.